The maximum Gasteiger partial charge on any atom is 0.304 e. The van der Waals surface area contributed by atoms with E-state index in [0.29, 0.717) is 19.0 Å². The van der Waals surface area contributed by atoms with Crippen molar-refractivity contribution in [2.45, 2.75) is 50.7 Å². The zero-order valence-corrected chi connectivity index (χ0v) is 19.1. The summed E-state index contributed by atoms with van der Waals surface area (Å²) in [5, 5.41) is 25.1. The molecule has 0 spiro atoms. The van der Waals surface area contributed by atoms with E-state index >= 15 is 0 Å². The molecule has 7 nitrogen and oxygen atoms in total. The second-order valence-electron chi connectivity index (χ2n) is 9.45. The molecule has 2 aromatic rings. The summed E-state index contributed by atoms with van der Waals surface area (Å²) in [4.78, 5) is 20.2. The number of benzene rings is 1. The van der Waals surface area contributed by atoms with E-state index in [9.17, 15) is 19.4 Å². The van der Waals surface area contributed by atoms with E-state index in [0.717, 1.165) is 68.5 Å². The van der Waals surface area contributed by atoms with Crippen molar-refractivity contribution in [3.63, 3.8) is 0 Å². The van der Waals surface area contributed by atoms with Gasteiger partial charge in [-0.15, -0.1) is 0 Å². The van der Waals surface area contributed by atoms with E-state index in [-0.39, 0.29) is 18.3 Å². The van der Waals surface area contributed by atoms with Crippen LogP contribution in [0, 0.1) is 11.7 Å². The Kier molecular flexibility index (Phi) is 8.11. The van der Waals surface area contributed by atoms with Crippen molar-refractivity contribution in [3.05, 3.63) is 36.3 Å². The highest BCUT2D eigenvalue weighted by molar-refractivity contribution is 5.92. The molecule has 1 aliphatic carbocycles. The van der Waals surface area contributed by atoms with Crippen LogP contribution in [0.4, 0.5) is 10.2 Å². The molecule has 8 heteroatoms. The monoisotopic (exact) mass is 458 g/mol. The van der Waals surface area contributed by atoms with Gasteiger partial charge in [-0.05, 0) is 42.3 Å². The van der Waals surface area contributed by atoms with Gasteiger partial charge in [0, 0.05) is 56.9 Å². The molecule has 0 amide bonds. The Hall–Kier alpha value is -2.29. The predicted octanol–water partition coefficient (Wildman–Crippen LogP) is 2.87. The maximum absolute atomic E-state index is 13.8. The van der Waals surface area contributed by atoms with Crippen LogP contribution < -0.4 is 10.2 Å². The van der Waals surface area contributed by atoms with Crippen LogP contribution in [-0.2, 0) is 4.79 Å². The normalized spacial score (nSPS) is 20.1. The molecule has 1 aromatic carbocycles. The number of aliphatic hydroxyl groups is 1. The number of halogens is 1. The Labute approximate surface area is 194 Å². The van der Waals surface area contributed by atoms with Crippen molar-refractivity contribution in [3.8, 4) is 0 Å². The van der Waals surface area contributed by atoms with Crippen molar-refractivity contribution in [2.24, 2.45) is 5.92 Å². The number of anilines is 1. The van der Waals surface area contributed by atoms with Crippen molar-refractivity contribution in [2.75, 3.05) is 44.2 Å². The molecule has 33 heavy (non-hydrogen) atoms. The SMILES string of the molecule is O=C(O)CC(NC[C@H](O)CN1CCN(c2nccc3ccc(F)cc23)CC1)C1CCCCC1. The minimum absolute atomic E-state index is 0.0767. The Morgan fingerprint density at radius 3 is 2.64 bits per heavy atom. The first-order valence-corrected chi connectivity index (χ1v) is 12.1. The van der Waals surface area contributed by atoms with E-state index in [1.807, 2.05) is 6.07 Å². The molecule has 1 unspecified atom stereocenters. The highest BCUT2D eigenvalue weighted by Gasteiger charge is 2.27. The predicted molar refractivity (Wildman–Crippen MR) is 127 cm³/mol. The minimum Gasteiger partial charge on any atom is -0.481 e. The van der Waals surface area contributed by atoms with Crippen LogP contribution in [0.1, 0.15) is 38.5 Å². The highest BCUT2D eigenvalue weighted by Crippen LogP contribution is 2.28. The molecule has 2 atom stereocenters. The second-order valence-corrected chi connectivity index (χ2v) is 9.45. The summed E-state index contributed by atoms with van der Waals surface area (Å²) in [5.74, 6) is 0.132. The van der Waals surface area contributed by atoms with Crippen molar-refractivity contribution in [1.29, 1.82) is 0 Å². The number of nitrogens with one attached hydrogen (secondary N) is 1. The Morgan fingerprint density at radius 2 is 1.91 bits per heavy atom. The summed E-state index contributed by atoms with van der Waals surface area (Å²) >= 11 is 0. The van der Waals surface area contributed by atoms with Gasteiger partial charge in [-0.3, -0.25) is 9.69 Å². The summed E-state index contributed by atoms with van der Waals surface area (Å²) in [6, 6.07) is 6.60. The zero-order chi connectivity index (χ0) is 23.2. The number of pyridine rings is 1. The van der Waals surface area contributed by atoms with Crippen molar-refractivity contribution < 1.29 is 19.4 Å². The zero-order valence-electron chi connectivity index (χ0n) is 19.1. The maximum atomic E-state index is 13.8. The first-order chi connectivity index (χ1) is 16.0. The van der Waals surface area contributed by atoms with Gasteiger partial charge in [0.15, 0.2) is 0 Å². The molecule has 1 saturated carbocycles. The highest BCUT2D eigenvalue weighted by atomic mass is 19.1. The Balaban J connectivity index is 1.27. The van der Waals surface area contributed by atoms with E-state index in [1.165, 1.54) is 12.5 Å². The molecule has 1 aliphatic heterocycles. The van der Waals surface area contributed by atoms with Gasteiger partial charge in [0.1, 0.15) is 11.6 Å². The van der Waals surface area contributed by atoms with E-state index in [4.69, 9.17) is 0 Å². The average molecular weight is 459 g/mol. The number of piperazine rings is 1. The number of nitrogens with zero attached hydrogens (tertiary/aromatic N) is 3. The molecule has 180 valence electrons. The third kappa shape index (κ3) is 6.40. The first kappa shape index (κ1) is 23.9. The number of aliphatic hydroxyl groups excluding tert-OH is 1. The van der Waals surface area contributed by atoms with Gasteiger partial charge in [0.05, 0.1) is 12.5 Å². The molecule has 1 aromatic heterocycles. The lowest BCUT2D eigenvalue weighted by molar-refractivity contribution is -0.138. The number of aliphatic carboxylic acids is 1. The lowest BCUT2D eigenvalue weighted by Gasteiger charge is -2.37. The van der Waals surface area contributed by atoms with Crippen LogP contribution in [0.15, 0.2) is 30.5 Å². The summed E-state index contributed by atoms with van der Waals surface area (Å²) < 4.78 is 13.8. The quantitative estimate of drug-likeness (QED) is 0.532. The molecule has 2 heterocycles. The molecule has 2 fully saturated rings. The second kappa shape index (κ2) is 11.2. The molecule has 0 bridgehead atoms. The van der Waals surface area contributed by atoms with Gasteiger partial charge in [-0.1, -0.05) is 25.3 Å². The lowest BCUT2D eigenvalue weighted by Crippen LogP contribution is -2.51. The van der Waals surface area contributed by atoms with E-state index < -0.39 is 12.1 Å². The van der Waals surface area contributed by atoms with Crippen LogP contribution in [0.25, 0.3) is 10.8 Å². The topological polar surface area (TPSA) is 88.9 Å². The molecular formula is C25H35FN4O3. The van der Waals surface area contributed by atoms with Gasteiger partial charge in [-0.25, -0.2) is 9.37 Å². The molecular weight excluding hydrogens is 423 g/mol. The van der Waals surface area contributed by atoms with Crippen molar-refractivity contribution in [1.82, 2.24) is 15.2 Å². The molecule has 4 rings (SSSR count). The van der Waals surface area contributed by atoms with Gasteiger partial charge in [-0.2, -0.15) is 0 Å². The number of carbonyl (C=O) groups is 1. The van der Waals surface area contributed by atoms with Gasteiger partial charge in [0.25, 0.3) is 0 Å². The summed E-state index contributed by atoms with van der Waals surface area (Å²) in [6.07, 6.45) is 6.99. The number of carboxylic acids is 1. The molecule has 0 radical (unpaired) electrons. The number of rotatable bonds is 9. The van der Waals surface area contributed by atoms with Crippen LogP contribution in [0.5, 0.6) is 0 Å². The fourth-order valence-electron chi connectivity index (χ4n) is 5.30. The lowest BCUT2D eigenvalue weighted by atomic mass is 9.82. The fourth-order valence-corrected chi connectivity index (χ4v) is 5.30. The first-order valence-electron chi connectivity index (χ1n) is 12.1. The van der Waals surface area contributed by atoms with E-state index in [2.05, 4.69) is 20.1 Å². The summed E-state index contributed by atoms with van der Waals surface area (Å²) in [7, 11) is 0. The largest absolute Gasteiger partial charge is 0.481 e. The number of carboxylic acid groups (broad SMARTS) is 1. The smallest absolute Gasteiger partial charge is 0.304 e. The number of β-amino-alcohol motifs (C(OH)–C–C–N with tert-alkyl or cyclic N) is 1. The number of hydrogen-bond acceptors (Lipinski definition) is 6. The summed E-state index contributed by atoms with van der Waals surface area (Å²) in [5.41, 5.74) is 0. The Morgan fingerprint density at radius 1 is 1.15 bits per heavy atom. The fraction of sp³-hybridized carbons (Fsp3) is 0.600. The Bertz CT molecular complexity index is 929. The molecule has 3 N–H and O–H groups in total. The van der Waals surface area contributed by atoms with Crippen LogP contribution in [-0.4, -0.2) is 77.5 Å². The number of hydrogen-bond donors (Lipinski definition) is 3. The van der Waals surface area contributed by atoms with Gasteiger partial charge < -0.3 is 20.4 Å². The standard InChI is InChI=1S/C25H35FN4O3/c26-20-7-6-18-8-9-27-25(22(18)14-20)30-12-10-29(11-13-30)17-21(31)16-28-23(15-24(32)33)19-4-2-1-3-5-19/h6-9,14,19,21,23,28,31H,1-5,10-13,15-17H2,(H,32,33)/t21-,23?/m0/s1. The van der Waals surface area contributed by atoms with Crippen molar-refractivity contribution >= 4 is 22.6 Å². The average Bonchev–Trinajstić information content (AvgIpc) is 2.82. The van der Waals surface area contributed by atoms with E-state index in [1.54, 1.807) is 18.3 Å². The third-order valence-corrected chi connectivity index (χ3v) is 7.08. The number of fused-ring (bicyclic) bond motifs is 1. The molecule has 2 aliphatic rings. The van der Waals surface area contributed by atoms with Crippen LogP contribution >= 0.6 is 0 Å². The number of aromatic nitrogens is 1. The third-order valence-electron chi connectivity index (χ3n) is 7.08. The summed E-state index contributed by atoms with van der Waals surface area (Å²) in [6.45, 7) is 4.03. The van der Waals surface area contributed by atoms with Crippen LogP contribution in [0.3, 0.4) is 0 Å². The van der Waals surface area contributed by atoms with Gasteiger partial charge >= 0.3 is 5.97 Å². The van der Waals surface area contributed by atoms with Gasteiger partial charge in [0.2, 0.25) is 0 Å². The minimum atomic E-state index is -0.786. The van der Waals surface area contributed by atoms with Crippen LogP contribution in [0.2, 0.25) is 0 Å². The molecule has 1 saturated heterocycles.